The molecule has 0 aromatic carbocycles. The molecule has 1 saturated carbocycles. The predicted octanol–water partition coefficient (Wildman–Crippen LogP) is 1.66. The molecular weight excluding hydrogens is 482 g/mol. The Morgan fingerprint density at radius 3 is 1.84 bits per heavy atom. The van der Waals surface area contributed by atoms with Gasteiger partial charge in [0.25, 0.3) is 11.8 Å². The van der Waals surface area contributed by atoms with E-state index in [0.717, 1.165) is 4.90 Å². The number of rotatable bonds is 21. The monoisotopic (exact) mass is 525 g/mol. The number of hydrogen-bond acceptors (Lipinski definition) is 8. The van der Waals surface area contributed by atoms with Crippen molar-refractivity contribution in [3.8, 4) is 0 Å². The Labute approximate surface area is 219 Å². The van der Waals surface area contributed by atoms with E-state index < -0.39 is 11.8 Å². The third kappa shape index (κ3) is 12.1. The van der Waals surface area contributed by atoms with Gasteiger partial charge in [-0.1, -0.05) is 39.5 Å². The van der Waals surface area contributed by atoms with Crippen molar-refractivity contribution in [2.24, 2.45) is 17.8 Å². The number of nitrogens with zero attached hydrogens (tertiary/aromatic N) is 1. The quantitative estimate of drug-likeness (QED) is 0.171. The molecule has 4 amide bonds. The molecule has 1 aliphatic carbocycles. The number of imide groups is 1. The number of alkyl carbamates (subject to hydrolysis) is 1. The maximum Gasteiger partial charge on any atom is 0.407 e. The number of ether oxygens (including phenoxy) is 4. The van der Waals surface area contributed by atoms with Crippen LogP contribution in [0, 0.1) is 17.8 Å². The van der Waals surface area contributed by atoms with E-state index in [9.17, 15) is 19.2 Å². The molecule has 0 radical (unpaired) electrons. The lowest BCUT2D eigenvalue weighted by Crippen LogP contribution is -2.35. The first-order valence-electron chi connectivity index (χ1n) is 13.4. The molecule has 0 unspecified atom stereocenters. The SMILES string of the molecule is CCC[C@@H]1[C@H](CCC)[C@@H]1COC(=O)NCCOCCOCCOCCNC(=O)CCN1C(=O)C=CC1=O. The second kappa shape index (κ2) is 17.9. The molecule has 1 aliphatic heterocycles. The van der Waals surface area contributed by atoms with Crippen LogP contribution in [0.4, 0.5) is 4.79 Å². The first-order chi connectivity index (χ1) is 18.0. The van der Waals surface area contributed by atoms with Gasteiger partial charge in [0, 0.05) is 38.2 Å². The maximum absolute atomic E-state index is 11.9. The zero-order chi connectivity index (χ0) is 26.9. The molecule has 0 bridgehead atoms. The Morgan fingerprint density at radius 2 is 1.30 bits per heavy atom. The summed E-state index contributed by atoms with van der Waals surface area (Å²) in [4.78, 5) is 47.5. The van der Waals surface area contributed by atoms with Crippen molar-refractivity contribution >= 4 is 23.8 Å². The van der Waals surface area contributed by atoms with Gasteiger partial charge in [-0.05, 0) is 17.8 Å². The summed E-state index contributed by atoms with van der Waals surface area (Å²) in [6.07, 6.45) is 6.84. The van der Waals surface area contributed by atoms with Crippen LogP contribution in [0.1, 0.15) is 46.0 Å². The van der Waals surface area contributed by atoms with E-state index in [4.69, 9.17) is 18.9 Å². The highest BCUT2D eigenvalue weighted by Gasteiger charge is 2.48. The van der Waals surface area contributed by atoms with Crippen molar-refractivity contribution in [3.05, 3.63) is 12.2 Å². The standard InChI is InChI=1S/C26H43N3O8/c1-3-5-20-21(6-4-2)22(20)19-37-26(33)28-11-14-35-16-18-36-17-15-34-13-10-27-23(30)9-12-29-24(31)7-8-25(29)32/h7-8,20-22H,3-6,9-19H2,1-2H3,(H,27,30)(H,28,33)/t20-,21+,22-. The van der Waals surface area contributed by atoms with E-state index in [1.54, 1.807) is 0 Å². The minimum absolute atomic E-state index is 0.0539. The second-order valence-corrected chi connectivity index (χ2v) is 9.19. The lowest BCUT2D eigenvalue weighted by molar-refractivity contribution is -0.137. The molecule has 37 heavy (non-hydrogen) atoms. The minimum Gasteiger partial charge on any atom is -0.449 e. The fraction of sp³-hybridized carbons (Fsp3) is 0.769. The molecule has 0 aromatic heterocycles. The Hall–Kier alpha value is -2.50. The number of hydrogen-bond donors (Lipinski definition) is 2. The number of carbonyl (C=O) groups is 4. The van der Waals surface area contributed by atoms with Crippen LogP contribution in [-0.4, -0.2) is 94.6 Å². The smallest absolute Gasteiger partial charge is 0.407 e. The maximum atomic E-state index is 11.9. The van der Waals surface area contributed by atoms with Gasteiger partial charge < -0.3 is 29.6 Å². The molecule has 0 spiro atoms. The predicted molar refractivity (Wildman–Crippen MR) is 136 cm³/mol. The summed E-state index contributed by atoms with van der Waals surface area (Å²) in [5.41, 5.74) is 0. The van der Waals surface area contributed by atoms with Gasteiger partial charge >= 0.3 is 6.09 Å². The summed E-state index contributed by atoms with van der Waals surface area (Å²) < 4.78 is 21.6. The van der Waals surface area contributed by atoms with Gasteiger partial charge in [0.15, 0.2) is 0 Å². The fourth-order valence-electron chi connectivity index (χ4n) is 4.50. The molecule has 2 N–H and O–H groups in total. The van der Waals surface area contributed by atoms with Gasteiger partial charge in [0.05, 0.1) is 46.2 Å². The number of carbonyl (C=O) groups excluding carboxylic acids is 4. The molecular formula is C26H43N3O8. The molecule has 3 atom stereocenters. The molecule has 1 fully saturated rings. The highest BCUT2D eigenvalue weighted by molar-refractivity contribution is 6.13. The van der Waals surface area contributed by atoms with E-state index in [0.29, 0.717) is 77.1 Å². The summed E-state index contributed by atoms with van der Waals surface area (Å²) in [6, 6.07) is 0. The summed E-state index contributed by atoms with van der Waals surface area (Å²) in [7, 11) is 0. The molecule has 0 aromatic rings. The van der Waals surface area contributed by atoms with E-state index in [1.807, 2.05) is 0 Å². The van der Waals surface area contributed by atoms with Crippen LogP contribution in [0.2, 0.25) is 0 Å². The lowest BCUT2D eigenvalue weighted by atomic mass is 10.1. The molecule has 2 aliphatic rings. The van der Waals surface area contributed by atoms with Gasteiger partial charge in [0.2, 0.25) is 5.91 Å². The van der Waals surface area contributed by atoms with E-state index >= 15 is 0 Å². The fourth-order valence-corrected chi connectivity index (χ4v) is 4.50. The minimum atomic E-state index is -0.396. The highest BCUT2D eigenvalue weighted by Crippen LogP contribution is 2.51. The van der Waals surface area contributed by atoms with Crippen molar-refractivity contribution < 1.29 is 38.1 Å². The molecule has 2 rings (SSSR count). The zero-order valence-corrected chi connectivity index (χ0v) is 22.2. The first-order valence-corrected chi connectivity index (χ1v) is 13.4. The van der Waals surface area contributed by atoms with E-state index in [1.165, 1.54) is 37.8 Å². The van der Waals surface area contributed by atoms with E-state index in [-0.39, 0.29) is 25.0 Å². The molecule has 0 saturated heterocycles. The third-order valence-electron chi connectivity index (χ3n) is 6.45. The Kier molecular flexibility index (Phi) is 14.8. The number of nitrogens with one attached hydrogen (secondary N) is 2. The van der Waals surface area contributed by atoms with Crippen LogP contribution in [0.3, 0.4) is 0 Å². The zero-order valence-electron chi connectivity index (χ0n) is 22.2. The van der Waals surface area contributed by atoms with Crippen LogP contribution in [0.25, 0.3) is 0 Å². The Balaban J connectivity index is 1.31. The van der Waals surface area contributed by atoms with Gasteiger partial charge in [0.1, 0.15) is 0 Å². The molecule has 1 heterocycles. The summed E-state index contributed by atoms with van der Waals surface area (Å²) in [6.45, 7) is 7.98. The van der Waals surface area contributed by atoms with Crippen LogP contribution in [0.15, 0.2) is 12.2 Å². The van der Waals surface area contributed by atoms with Gasteiger partial charge in [-0.2, -0.15) is 0 Å². The largest absolute Gasteiger partial charge is 0.449 e. The number of amides is 4. The topological polar surface area (TPSA) is 132 Å². The summed E-state index contributed by atoms with van der Waals surface area (Å²) in [5, 5.41) is 5.38. The van der Waals surface area contributed by atoms with E-state index in [2.05, 4.69) is 24.5 Å². The lowest BCUT2D eigenvalue weighted by Gasteiger charge is -2.13. The average molecular weight is 526 g/mol. The Morgan fingerprint density at radius 1 is 0.784 bits per heavy atom. The second-order valence-electron chi connectivity index (χ2n) is 9.19. The van der Waals surface area contributed by atoms with Crippen molar-refractivity contribution in [2.45, 2.75) is 46.0 Å². The van der Waals surface area contributed by atoms with Crippen molar-refractivity contribution in [3.63, 3.8) is 0 Å². The summed E-state index contributed by atoms with van der Waals surface area (Å²) in [5.74, 6) is 0.897. The molecule has 11 heteroatoms. The van der Waals surface area contributed by atoms with Crippen LogP contribution >= 0.6 is 0 Å². The van der Waals surface area contributed by atoms with Crippen molar-refractivity contribution in [1.29, 1.82) is 0 Å². The van der Waals surface area contributed by atoms with Crippen LogP contribution in [0.5, 0.6) is 0 Å². The average Bonchev–Trinajstić information content (AvgIpc) is 3.42. The normalized spacial score (nSPS) is 20.4. The van der Waals surface area contributed by atoms with Crippen molar-refractivity contribution in [2.75, 3.05) is 65.9 Å². The Bertz CT molecular complexity index is 730. The highest BCUT2D eigenvalue weighted by atomic mass is 16.6. The third-order valence-corrected chi connectivity index (χ3v) is 6.45. The first kappa shape index (κ1) is 30.7. The van der Waals surface area contributed by atoms with Gasteiger partial charge in [-0.15, -0.1) is 0 Å². The van der Waals surface area contributed by atoms with Crippen LogP contribution in [-0.2, 0) is 33.3 Å². The van der Waals surface area contributed by atoms with Gasteiger partial charge in [-0.3, -0.25) is 19.3 Å². The van der Waals surface area contributed by atoms with Crippen LogP contribution < -0.4 is 10.6 Å². The van der Waals surface area contributed by atoms with Gasteiger partial charge in [-0.25, -0.2) is 4.79 Å². The summed E-state index contributed by atoms with van der Waals surface area (Å²) >= 11 is 0. The van der Waals surface area contributed by atoms with Crippen molar-refractivity contribution in [1.82, 2.24) is 15.5 Å². The molecule has 210 valence electrons. The molecule has 11 nitrogen and oxygen atoms in total.